The van der Waals surface area contributed by atoms with Crippen LogP contribution < -0.4 is 5.32 Å². The molecule has 0 aliphatic heterocycles. The van der Waals surface area contributed by atoms with E-state index in [1.807, 2.05) is 24.3 Å². The van der Waals surface area contributed by atoms with Crippen LogP contribution in [0.2, 0.25) is 0 Å². The van der Waals surface area contributed by atoms with Crippen LogP contribution in [0.4, 0.5) is 0 Å². The van der Waals surface area contributed by atoms with E-state index in [9.17, 15) is 4.79 Å². The Hall–Kier alpha value is -0.830. The number of carbonyl (C=O) groups excluding carboxylic acids is 1. The van der Waals surface area contributed by atoms with Crippen molar-refractivity contribution in [3.63, 3.8) is 0 Å². The minimum absolute atomic E-state index is 0.0324. The van der Waals surface area contributed by atoms with Gasteiger partial charge in [-0.25, -0.2) is 0 Å². The third kappa shape index (κ3) is 3.56. The first-order valence-corrected chi connectivity index (χ1v) is 7.05. The van der Waals surface area contributed by atoms with Gasteiger partial charge in [0.1, 0.15) is 0 Å². The highest BCUT2D eigenvalue weighted by Crippen LogP contribution is 2.34. The van der Waals surface area contributed by atoms with Gasteiger partial charge in [-0.1, -0.05) is 31.9 Å². The van der Waals surface area contributed by atoms with Crippen molar-refractivity contribution in [2.45, 2.75) is 38.6 Å². The third-order valence-electron chi connectivity index (χ3n) is 3.26. The summed E-state index contributed by atoms with van der Waals surface area (Å²) in [6.07, 6.45) is 4.81. The standard InChI is InChI=1S/C14H18BrNO/c1-2-11(9-10-7-8-10)16-14(17)12-5-3-4-6-13(12)15/h3-6,10-11H,2,7-9H2,1H3,(H,16,17). The van der Waals surface area contributed by atoms with E-state index >= 15 is 0 Å². The van der Waals surface area contributed by atoms with Crippen molar-refractivity contribution in [3.05, 3.63) is 34.3 Å². The molecule has 1 fully saturated rings. The topological polar surface area (TPSA) is 29.1 Å². The van der Waals surface area contributed by atoms with Gasteiger partial charge in [-0.15, -0.1) is 0 Å². The molecular weight excluding hydrogens is 278 g/mol. The molecule has 1 aliphatic rings. The molecule has 92 valence electrons. The summed E-state index contributed by atoms with van der Waals surface area (Å²) in [6, 6.07) is 7.88. The van der Waals surface area contributed by atoms with Gasteiger partial charge < -0.3 is 5.32 Å². The van der Waals surface area contributed by atoms with Gasteiger partial charge in [-0.2, -0.15) is 0 Å². The molecule has 1 aromatic carbocycles. The van der Waals surface area contributed by atoms with Gasteiger partial charge in [0.25, 0.3) is 5.91 Å². The van der Waals surface area contributed by atoms with Crippen LogP contribution in [0.25, 0.3) is 0 Å². The average molecular weight is 296 g/mol. The molecule has 0 radical (unpaired) electrons. The van der Waals surface area contributed by atoms with E-state index in [0.717, 1.165) is 28.8 Å². The number of carbonyl (C=O) groups is 1. The second-order valence-electron chi connectivity index (χ2n) is 4.74. The van der Waals surface area contributed by atoms with Crippen LogP contribution in [0.1, 0.15) is 43.0 Å². The summed E-state index contributed by atoms with van der Waals surface area (Å²) in [6.45, 7) is 2.13. The average Bonchev–Trinajstić information content (AvgIpc) is 3.12. The van der Waals surface area contributed by atoms with Crippen LogP contribution in [0.3, 0.4) is 0 Å². The Morgan fingerprint density at radius 2 is 2.18 bits per heavy atom. The lowest BCUT2D eigenvalue weighted by molar-refractivity contribution is 0.0932. The molecule has 1 aliphatic carbocycles. The fraction of sp³-hybridized carbons (Fsp3) is 0.500. The molecule has 1 aromatic rings. The first-order chi connectivity index (χ1) is 8.20. The second kappa shape index (κ2) is 5.67. The van der Waals surface area contributed by atoms with Crippen LogP contribution in [0, 0.1) is 5.92 Å². The van der Waals surface area contributed by atoms with Crippen molar-refractivity contribution in [1.29, 1.82) is 0 Å². The Balaban J connectivity index is 1.97. The maximum atomic E-state index is 12.1. The Morgan fingerprint density at radius 1 is 1.47 bits per heavy atom. The Morgan fingerprint density at radius 3 is 2.76 bits per heavy atom. The zero-order valence-corrected chi connectivity index (χ0v) is 11.7. The fourth-order valence-corrected chi connectivity index (χ4v) is 2.46. The molecule has 17 heavy (non-hydrogen) atoms. The summed E-state index contributed by atoms with van der Waals surface area (Å²) in [5.74, 6) is 0.879. The van der Waals surface area contributed by atoms with E-state index in [4.69, 9.17) is 0 Å². The molecule has 3 heteroatoms. The van der Waals surface area contributed by atoms with Crippen molar-refractivity contribution in [2.75, 3.05) is 0 Å². The molecule has 0 aromatic heterocycles. The molecule has 0 spiro atoms. The number of amides is 1. The van der Waals surface area contributed by atoms with Crippen LogP contribution in [-0.4, -0.2) is 11.9 Å². The van der Waals surface area contributed by atoms with Crippen LogP contribution in [0.5, 0.6) is 0 Å². The minimum Gasteiger partial charge on any atom is -0.349 e. The molecule has 0 bridgehead atoms. The van der Waals surface area contributed by atoms with Gasteiger partial charge >= 0.3 is 0 Å². The van der Waals surface area contributed by atoms with Crippen molar-refractivity contribution in [2.24, 2.45) is 5.92 Å². The summed E-state index contributed by atoms with van der Waals surface area (Å²) < 4.78 is 0.860. The molecular formula is C14H18BrNO. The van der Waals surface area contributed by atoms with Gasteiger partial charge in [0, 0.05) is 10.5 Å². The Bertz CT molecular complexity index is 401. The van der Waals surface area contributed by atoms with Crippen molar-refractivity contribution in [1.82, 2.24) is 5.32 Å². The summed E-state index contributed by atoms with van der Waals surface area (Å²) in [7, 11) is 0. The van der Waals surface area contributed by atoms with Crippen molar-refractivity contribution < 1.29 is 4.79 Å². The van der Waals surface area contributed by atoms with Crippen molar-refractivity contribution in [3.8, 4) is 0 Å². The van der Waals surface area contributed by atoms with Gasteiger partial charge in [-0.3, -0.25) is 4.79 Å². The highest BCUT2D eigenvalue weighted by Gasteiger charge is 2.25. The number of rotatable bonds is 5. The predicted octanol–water partition coefficient (Wildman–Crippen LogP) is 3.76. The zero-order valence-electron chi connectivity index (χ0n) is 10.1. The van der Waals surface area contributed by atoms with Gasteiger partial charge in [0.05, 0.1) is 5.56 Å². The number of halogens is 1. The van der Waals surface area contributed by atoms with Gasteiger partial charge in [0.2, 0.25) is 0 Å². The largest absolute Gasteiger partial charge is 0.349 e. The van der Waals surface area contributed by atoms with Gasteiger partial charge in [-0.05, 0) is 46.8 Å². The SMILES string of the molecule is CCC(CC1CC1)NC(=O)c1ccccc1Br. The summed E-state index contributed by atoms with van der Waals surface area (Å²) >= 11 is 3.41. The monoisotopic (exact) mass is 295 g/mol. The van der Waals surface area contributed by atoms with E-state index in [0.29, 0.717) is 6.04 Å². The first-order valence-electron chi connectivity index (χ1n) is 6.26. The highest BCUT2D eigenvalue weighted by atomic mass is 79.9. The number of benzene rings is 1. The Labute approximate surface area is 111 Å². The summed E-state index contributed by atoms with van der Waals surface area (Å²) in [5, 5.41) is 3.13. The molecule has 2 rings (SSSR count). The quantitative estimate of drug-likeness (QED) is 0.880. The summed E-state index contributed by atoms with van der Waals surface area (Å²) in [5.41, 5.74) is 0.724. The molecule has 0 heterocycles. The molecule has 2 nitrogen and oxygen atoms in total. The van der Waals surface area contributed by atoms with E-state index in [-0.39, 0.29) is 5.91 Å². The van der Waals surface area contributed by atoms with Crippen LogP contribution in [0.15, 0.2) is 28.7 Å². The smallest absolute Gasteiger partial charge is 0.252 e. The van der Waals surface area contributed by atoms with Crippen LogP contribution in [-0.2, 0) is 0 Å². The highest BCUT2D eigenvalue weighted by molar-refractivity contribution is 9.10. The second-order valence-corrected chi connectivity index (χ2v) is 5.59. The zero-order chi connectivity index (χ0) is 12.3. The molecule has 1 N–H and O–H groups in total. The number of nitrogens with one attached hydrogen (secondary N) is 1. The molecule has 1 unspecified atom stereocenters. The predicted molar refractivity (Wildman–Crippen MR) is 73.0 cm³/mol. The van der Waals surface area contributed by atoms with E-state index in [1.165, 1.54) is 12.8 Å². The molecule has 1 amide bonds. The van der Waals surface area contributed by atoms with E-state index < -0.39 is 0 Å². The maximum Gasteiger partial charge on any atom is 0.252 e. The van der Waals surface area contributed by atoms with E-state index in [1.54, 1.807) is 0 Å². The normalized spacial score (nSPS) is 16.6. The third-order valence-corrected chi connectivity index (χ3v) is 3.95. The van der Waals surface area contributed by atoms with Gasteiger partial charge in [0.15, 0.2) is 0 Å². The minimum atomic E-state index is 0.0324. The lowest BCUT2D eigenvalue weighted by atomic mass is 10.1. The molecule has 1 saturated carbocycles. The number of hydrogen-bond acceptors (Lipinski definition) is 1. The maximum absolute atomic E-state index is 12.1. The van der Waals surface area contributed by atoms with E-state index in [2.05, 4.69) is 28.2 Å². The lowest BCUT2D eigenvalue weighted by Gasteiger charge is -2.17. The summed E-state index contributed by atoms with van der Waals surface area (Å²) in [4.78, 5) is 12.1. The molecule has 0 saturated heterocycles. The first kappa shape index (κ1) is 12.6. The van der Waals surface area contributed by atoms with Crippen LogP contribution >= 0.6 is 15.9 Å². The lowest BCUT2D eigenvalue weighted by Crippen LogP contribution is -2.34. The number of hydrogen-bond donors (Lipinski definition) is 1. The van der Waals surface area contributed by atoms with Crippen molar-refractivity contribution >= 4 is 21.8 Å². The Kier molecular flexibility index (Phi) is 4.21. The molecule has 1 atom stereocenters. The fourth-order valence-electron chi connectivity index (χ4n) is 1.99.